The summed E-state index contributed by atoms with van der Waals surface area (Å²) in [5, 5.41) is 0. The smallest absolute Gasteiger partial charge is 0.369 e. The maximum atomic E-state index is 12.7. The molecule has 0 heterocycles. The van der Waals surface area contributed by atoms with Crippen molar-refractivity contribution in [2.45, 2.75) is 45.6 Å². The van der Waals surface area contributed by atoms with Gasteiger partial charge in [-0.25, -0.2) is 0 Å². The van der Waals surface area contributed by atoms with Crippen LogP contribution in [0, 0.1) is 0 Å². The van der Waals surface area contributed by atoms with Crippen LogP contribution in [0.2, 0.25) is 0 Å². The Balaban J connectivity index is 1.97. The van der Waals surface area contributed by atoms with Crippen LogP contribution in [0.25, 0.3) is 0 Å². The highest BCUT2D eigenvalue weighted by atomic mass is 19.4. The Kier molecular flexibility index (Phi) is 5.83. The van der Waals surface area contributed by atoms with Crippen LogP contribution in [0.15, 0.2) is 48.5 Å². The Morgan fingerprint density at radius 2 is 1.70 bits per heavy atom. The second kappa shape index (κ2) is 7.64. The minimum atomic E-state index is -4.32. The van der Waals surface area contributed by atoms with Gasteiger partial charge < -0.3 is 4.74 Å². The zero-order valence-electron chi connectivity index (χ0n) is 13.4. The third-order valence-corrected chi connectivity index (χ3v) is 3.74. The average molecular weight is 322 g/mol. The summed E-state index contributed by atoms with van der Waals surface area (Å²) < 4.78 is 43.8. The van der Waals surface area contributed by atoms with Gasteiger partial charge in [0.25, 0.3) is 0 Å². The molecule has 0 aliphatic carbocycles. The summed E-state index contributed by atoms with van der Waals surface area (Å²) >= 11 is 0. The van der Waals surface area contributed by atoms with E-state index in [1.807, 2.05) is 19.1 Å². The van der Waals surface area contributed by atoms with E-state index in [0.717, 1.165) is 30.5 Å². The van der Waals surface area contributed by atoms with Crippen LogP contribution in [0.1, 0.15) is 48.6 Å². The monoisotopic (exact) mass is 322 g/mol. The van der Waals surface area contributed by atoms with Gasteiger partial charge in [0.2, 0.25) is 0 Å². The van der Waals surface area contributed by atoms with Crippen molar-refractivity contribution in [1.82, 2.24) is 0 Å². The summed E-state index contributed by atoms with van der Waals surface area (Å²) in [4.78, 5) is 0. The second-order valence-electron chi connectivity index (χ2n) is 5.64. The van der Waals surface area contributed by atoms with Crippen molar-refractivity contribution in [1.29, 1.82) is 0 Å². The Hall–Kier alpha value is -1.81. The van der Waals surface area contributed by atoms with Crippen LogP contribution < -0.4 is 0 Å². The zero-order chi connectivity index (χ0) is 16.9. The average Bonchev–Trinajstić information content (AvgIpc) is 2.53. The summed E-state index contributed by atoms with van der Waals surface area (Å²) in [5.41, 5.74) is 2.18. The van der Waals surface area contributed by atoms with Gasteiger partial charge in [-0.2, -0.15) is 13.2 Å². The summed E-state index contributed by atoms with van der Waals surface area (Å²) in [6, 6.07) is 13.4. The first-order chi connectivity index (χ1) is 10.9. The number of alkyl halides is 3. The molecule has 0 saturated carbocycles. The minimum Gasteiger partial charge on any atom is -0.369 e. The molecule has 0 spiro atoms. The molecular formula is C19H21F3O. The number of rotatable bonds is 6. The highest BCUT2D eigenvalue weighted by Crippen LogP contribution is 2.30. The molecule has 1 nitrogen and oxygen atoms in total. The molecule has 23 heavy (non-hydrogen) atoms. The van der Waals surface area contributed by atoms with Crippen molar-refractivity contribution < 1.29 is 17.9 Å². The first kappa shape index (κ1) is 17.5. The summed E-state index contributed by atoms with van der Waals surface area (Å²) in [6.45, 7) is 4.19. The van der Waals surface area contributed by atoms with E-state index >= 15 is 0 Å². The van der Waals surface area contributed by atoms with E-state index in [-0.39, 0.29) is 12.7 Å². The first-order valence-electron chi connectivity index (χ1n) is 7.76. The Labute approximate surface area is 135 Å². The normalized spacial score (nSPS) is 13.1. The van der Waals surface area contributed by atoms with Crippen molar-refractivity contribution in [2.75, 3.05) is 0 Å². The summed E-state index contributed by atoms with van der Waals surface area (Å²) in [6.07, 6.45) is -2.35. The molecule has 1 atom stereocenters. The van der Waals surface area contributed by atoms with Crippen LogP contribution in [0.5, 0.6) is 0 Å². The van der Waals surface area contributed by atoms with Crippen LogP contribution in [0.4, 0.5) is 13.2 Å². The molecule has 0 aliphatic heterocycles. The zero-order valence-corrected chi connectivity index (χ0v) is 13.4. The third kappa shape index (κ3) is 5.10. The van der Waals surface area contributed by atoms with Crippen molar-refractivity contribution >= 4 is 0 Å². The lowest BCUT2D eigenvalue weighted by atomic mass is 10.1. The largest absolute Gasteiger partial charge is 0.416 e. The van der Waals surface area contributed by atoms with Crippen molar-refractivity contribution in [2.24, 2.45) is 0 Å². The first-order valence-corrected chi connectivity index (χ1v) is 7.76. The minimum absolute atomic E-state index is 0.155. The predicted molar refractivity (Wildman–Crippen MR) is 85.1 cm³/mol. The summed E-state index contributed by atoms with van der Waals surface area (Å²) in [5.74, 6) is 0. The molecule has 0 bridgehead atoms. The lowest BCUT2D eigenvalue weighted by Crippen LogP contribution is -2.06. The second-order valence-corrected chi connectivity index (χ2v) is 5.64. The molecule has 0 fully saturated rings. The molecule has 124 valence electrons. The molecule has 2 rings (SSSR count). The van der Waals surface area contributed by atoms with E-state index < -0.39 is 11.7 Å². The third-order valence-electron chi connectivity index (χ3n) is 3.74. The topological polar surface area (TPSA) is 9.23 Å². The Morgan fingerprint density at radius 3 is 2.30 bits per heavy atom. The maximum Gasteiger partial charge on any atom is 0.416 e. The number of halogens is 3. The molecule has 2 aromatic carbocycles. The molecule has 2 aromatic rings. The van der Waals surface area contributed by atoms with E-state index in [1.165, 1.54) is 11.6 Å². The molecule has 0 amide bonds. The van der Waals surface area contributed by atoms with Crippen molar-refractivity contribution in [3.63, 3.8) is 0 Å². The van der Waals surface area contributed by atoms with Gasteiger partial charge in [0.1, 0.15) is 0 Å². The van der Waals surface area contributed by atoms with E-state index in [1.54, 1.807) is 6.07 Å². The highest BCUT2D eigenvalue weighted by molar-refractivity contribution is 5.26. The Bertz CT molecular complexity index is 617. The lowest BCUT2D eigenvalue weighted by Gasteiger charge is -2.15. The van der Waals surface area contributed by atoms with Gasteiger partial charge >= 0.3 is 6.18 Å². The maximum absolute atomic E-state index is 12.7. The molecule has 0 aliphatic rings. The summed E-state index contributed by atoms with van der Waals surface area (Å²) in [7, 11) is 0. The number of hydrogen-bond donors (Lipinski definition) is 0. The number of hydrogen-bond acceptors (Lipinski definition) is 1. The quantitative estimate of drug-likeness (QED) is 0.640. The van der Waals surface area contributed by atoms with Crippen LogP contribution in [-0.2, 0) is 23.9 Å². The van der Waals surface area contributed by atoms with E-state index in [4.69, 9.17) is 4.74 Å². The Morgan fingerprint density at radius 1 is 1.00 bits per heavy atom. The van der Waals surface area contributed by atoms with Crippen molar-refractivity contribution in [3.8, 4) is 0 Å². The van der Waals surface area contributed by atoms with Gasteiger partial charge in [-0.15, -0.1) is 0 Å². The molecule has 0 radical (unpaired) electrons. The SMILES string of the molecule is CCCc1ccc(C(C)OCc2cccc(C(F)(F)F)c2)cc1. The van der Waals surface area contributed by atoms with Gasteiger partial charge in [0.15, 0.2) is 0 Å². The molecule has 0 aromatic heterocycles. The number of aryl methyl sites for hydroxylation is 1. The van der Waals surface area contributed by atoms with Gasteiger partial charge in [0.05, 0.1) is 18.3 Å². The van der Waals surface area contributed by atoms with E-state index in [9.17, 15) is 13.2 Å². The van der Waals surface area contributed by atoms with Crippen LogP contribution in [-0.4, -0.2) is 0 Å². The molecule has 4 heteroatoms. The number of benzene rings is 2. The predicted octanol–water partition coefficient (Wildman–Crippen LogP) is 5.94. The standard InChI is InChI=1S/C19H21F3O/c1-3-5-15-8-10-17(11-9-15)14(2)23-13-16-6-4-7-18(12-16)19(20,21)22/h4,6-12,14H,3,5,13H2,1-2H3. The molecule has 1 unspecified atom stereocenters. The van der Waals surface area contributed by atoms with Gasteiger partial charge in [-0.3, -0.25) is 0 Å². The van der Waals surface area contributed by atoms with Gasteiger partial charge in [-0.1, -0.05) is 49.7 Å². The number of ether oxygens (including phenoxy) is 1. The van der Waals surface area contributed by atoms with Crippen LogP contribution >= 0.6 is 0 Å². The fourth-order valence-corrected chi connectivity index (χ4v) is 2.40. The van der Waals surface area contributed by atoms with E-state index in [0.29, 0.717) is 5.56 Å². The molecular weight excluding hydrogens is 301 g/mol. The molecule has 0 N–H and O–H groups in total. The lowest BCUT2D eigenvalue weighted by molar-refractivity contribution is -0.137. The van der Waals surface area contributed by atoms with Gasteiger partial charge in [0, 0.05) is 0 Å². The van der Waals surface area contributed by atoms with Crippen LogP contribution in [0.3, 0.4) is 0 Å². The fourth-order valence-electron chi connectivity index (χ4n) is 2.40. The fraction of sp³-hybridized carbons (Fsp3) is 0.368. The molecule has 0 saturated heterocycles. The van der Waals surface area contributed by atoms with Crippen molar-refractivity contribution in [3.05, 3.63) is 70.8 Å². The van der Waals surface area contributed by atoms with Gasteiger partial charge in [-0.05, 0) is 42.2 Å². The van der Waals surface area contributed by atoms with E-state index in [2.05, 4.69) is 19.1 Å². The highest BCUT2D eigenvalue weighted by Gasteiger charge is 2.30.